The lowest BCUT2D eigenvalue weighted by Gasteiger charge is -2.21. The van der Waals surface area contributed by atoms with Crippen molar-refractivity contribution in [2.75, 3.05) is 49.7 Å². The molecule has 5 heterocycles. The standard InChI is InChI=1S/C60H60N8O8/c1-33(73-5)57(69)65-39-21-15-22-40(66-58(70)34(2)74-6)53(39)55-47-29-25-43(61-47)51(37-17-11-9-12-18-37)45-27-31-49(63-45)56(50-32-28-46(64-50)52(38-19-13-10-14-20-38)44-26-30-48(55)62-44)54-41(67-59(71)35(3)75-7)23-16-24-42(54)68-60(72)36(4)76-8/h9-36,61-64H,1-8H3,(H,65,69)(H,66,70)(H,67,71)(H,68,72)/t33-,34-,35-,36-/m1/s1. The van der Waals surface area contributed by atoms with E-state index in [2.05, 4.69) is 41.2 Å². The van der Waals surface area contributed by atoms with Crippen molar-refractivity contribution in [1.29, 1.82) is 0 Å². The van der Waals surface area contributed by atoms with Gasteiger partial charge in [0.2, 0.25) is 0 Å². The zero-order valence-corrected chi connectivity index (χ0v) is 43.4. The first-order chi connectivity index (χ1) is 36.8. The molecule has 0 saturated heterocycles. The Bertz CT molecular complexity index is 3390. The van der Waals surface area contributed by atoms with Gasteiger partial charge in [0.05, 0.1) is 22.7 Å². The Morgan fingerprint density at radius 1 is 0.329 bits per heavy atom. The summed E-state index contributed by atoms with van der Waals surface area (Å²) in [5, 5.41) is 15.1. The van der Waals surface area contributed by atoms with Crippen LogP contribution < -0.4 is 42.7 Å². The van der Waals surface area contributed by atoms with Crippen LogP contribution >= 0.6 is 0 Å². The van der Waals surface area contributed by atoms with Gasteiger partial charge in [-0.05, 0) is 112 Å². The predicted octanol–water partition coefficient (Wildman–Crippen LogP) is 6.20. The third-order valence-corrected chi connectivity index (χ3v) is 13.6. The maximum absolute atomic E-state index is 13.8. The number of amides is 4. The largest absolute Gasteiger partial charge is 0.372 e. The summed E-state index contributed by atoms with van der Waals surface area (Å²) in [5.41, 5.74) is 10.0. The van der Waals surface area contributed by atoms with Crippen LogP contribution in [0.25, 0.3) is 22.3 Å². The van der Waals surface area contributed by atoms with Crippen LogP contribution in [-0.2, 0) is 38.1 Å². The van der Waals surface area contributed by atoms with E-state index >= 15 is 0 Å². The van der Waals surface area contributed by atoms with Crippen molar-refractivity contribution in [1.82, 2.24) is 19.9 Å². The van der Waals surface area contributed by atoms with Gasteiger partial charge in [-0.1, -0.05) is 72.8 Å². The van der Waals surface area contributed by atoms with Gasteiger partial charge in [0.25, 0.3) is 23.6 Å². The second-order valence-electron chi connectivity index (χ2n) is 18.3. The Balaban J connectivity index is 1.43. The molecule has 76 heavy (non-hydrogen) atoms. The van der Waals surface area contributed by atoms with Crippen LogP contribution in [0.2, 0.25) is 0 Å². The summed E-state index contributed by atoms with van der Waals surface area (Å²) in [6, 6.07) is 46.5. The lowest BCUT2D eigenvalue weighted by Crippen LogP contribution is -2.29. The average Bonchev–Trinajstić information content (AvgIpc) is 4.31. The molecule has 16 heteroatoms. The minimum absolute atomic E-state index is 0.389. The first-order valence-electron chi connectivity index (χ1n) is 24.8. The van der Waals surface area contributed by atoms with Crippen LogP contribution in [-0.4, -0.2) is 96.4 Å². The highest BCUT2D eigenvalue weighted by molar-refractivity contribution is 6.06. The zero-order valence-electron chi connectivity index (χ0n) is 43.4. The molecule has 1 aliphatic heterocycles. The summed E-state index contributed by atoms with van der Waals surface area (Å²) >= 11 is 0. The van der Waals surface area contributed by atoms with E-state index in [1.807, 2.05) is 109 Å². The molecule has 8 N–H and O–H groups in total. The average molecular weight is 1020 g/mol. The number of ether oxygens (including phenoxy) is 4. The quantitative estimate of drug-likeness (QED) is 0.0557. The summed E-state index contributed by atoms with van der Waals surface area (Å²) in [6.45, 7) is 6.65. The fourth-order valence-corrected chi connectivity index (χ4v) is 9.12. The van der Waals surface area contributed by atoms with E-state index in [1.54, 1.807) is 64.1 Å². The molecule has 4 aromatic carbocycles. The number of aromatic nitrogens is 4. The molecular formula is C60H60N8O8. The second kappa shape index (κ2) is 22.8. The number of carbonyl (C=O) groups is 4. The Labute approximate surface area is 439 Å². The van der Waals surface area contributed by atoms with Crippen LogP contribution in [0.15, 0.2) is 146 Å². The molecule has 8 aromatic rings. The molecule has 4 atom stereocenters. The normalized spacial score (nSPS) is 13.9. The van der Waals surface area contributed by atoms with Gasteiger partial charge < -0.3 is 60.2 Å². The van der Waals surface area contributed by atoms with Crippen LogP contribution in [0.5, 0.6) is 0 Å². The number of anilines is 4. The van der Waals surface area contributed by atoms with E-state index in [1.165, 1.54) is 28.4 Å². The number of hydrogen-bond donors (Lipinski definition) is 8. The van der Waals surface area contributed by atoms with Crippen LogP contribution in [0.4, 0.5) is 22.7 Å². The van der Waals surface area contributed by atoms with Crippen molar-refractivity contribution in [3.63, 3.8) is 0 Å². The number of rotatable bonds is 16. The summed E-state index contributed by atoms with van der Waals surface area (Å²) in [4.78, 5) is 70.2. The number of fused-ring (bicyclic) bond motifs is 8. The van der Waals surface area contributed by atoms with E-state index in [0.717, 1.165) is 44.4 Å². The van der Waals surface area contributed by atoms with Crippen molar-refractivity contribution in [2.24, 2.45) is 0 Å². The number of methoxy groups -OCH3 is 4. The van der Waals surface area contributed by atoms with Crippen molar-refractivity contribution in [2.45, 2.75) is 52.1 Å². The van der Waals surface area contributed by atoms with Gasteiger partial charge in [0.15, 0.2) is 0 Å². The molecular weight excluding hydrogens is 961 g/mol. The topological polar surface area (TPSA) is 216 Å². The van der Waals surface area contributed by atoms with Gasteiger partial charge in [-0.2, -0.15) is 0 Å². The molecule has 9 rings (SSSR count). The maximum Gasteiger partial charge on any atom is 0.253 e. The van der Waals surface area contributed by atoms with Gasteiger partial charge in [-0.25, -0.2) is 0 Å². The SMILES string of the molecule is CO[C@H](C)C(=O)Nc1cccc(NC(=O)[C@@H](C)OC)c1C1=c2ccc([nH]2)=C(c2ccccc2)c2ccc([nH]2)C(c2c(NC(=O)[C@@H](C)OC)cccc2NC(=O)[C@@H](C)OC)=c2ccc([nH]2)=C(c2ccccc2)c2ccc1[nH]2. The van der Waals surface area contributed by atoms with Crippen LogP contribution in [0, 0.1) is 0 Å². The smallest absolute Gasteiger partial charge is 0.253 e. The molecule has 0 radical (unpaired) electrons. The molecule has 1 aliphatic rings. The molecule has 0 unspecified atom stereocenters. The fraction of sp³-hybridized carbons (Fsp3) is 0.200. The van der Waals surface area contributed by atoms with E-state index in [9.17, 15) is 19.2 Å². The third-order valence-electron chi connectivity index (χ3n) is 13.6. The molecule has 16 nitrogen and oxygen atoms in total. The van der Waals surface area contributed by atoms with E-state index in [0.29, 0.717) is 67.1 Å². The molecule has 0 spiro atoms. The Hall–Kier alpha value is -8.80. The molecule has 4 amide bonds. The second-order valence-corrected chi connectivity index (χ2v) is 18.3. The maximum atomic E-state index is 13.8. The first kappa shape index (κ1) is 52.1. The highest BCUT2D eigenvalue weighted by Crippen LogP contribution is 2.37. The number of aromatic amines is 4. The first-order valence-corrected chi connectivity index (χ1v) is 24.8. The summed E-state index contributed by atoms with van der Waals surface area (Å²) in [5.74, 6) is -1.56. The van der Waals surface area contributed by atoms with Gasteiger partial charge in [0.1, 0.15) is 24.4 Å². The monoisotopic (exact) mass is 1020 g/mol. The number of H-pyrrole nitrogens is 4. The minimum Gasteiger partial charge on any atom is -0.372 e. The van der Waals surface area contributed by atoms with Gasteiger partial charge in [0, 0.05) is 106 Å². The Morgan fingerprint density at radius 3 is 0.868 bits per heavy atom. The number of carbonyl (C=O) groups excluding carboxylic acids is 4. The highest BCUT2D eigenvalue weighted by atomic mass is 16.5. The Kier molecular flexibility index (Phi) is 15.6. The zero-order chi connectivity index (χ0) is 53.6. The molecule has 0 fully saturated rings. The van der Waals surface area contributed by atoms with E-state index in [4.69, 9.17) is 18.9 Å². The van der Waals surface area contributed by atoms with Gasteiger partial charge in [-0.3, -0.25) is 19.2 Å². The van der Waals surface area contributed by atoms with E-state index < -0.39 is 24.4 Å². The van der Waals surface area contributed by atoms with Gasteiger partial charge >= 0.3 is 0 Å². The lowest BCUT2D eigenvalue weighted by molar-refractivity contribution is -0.125. The van der Waals surface area contributed by atoms with Crippen molar-refractivity contribution in [3.05, 3.63) is 212 Å². The predicted molar refractivity (Wildman–Crippen MR) is 294 cm³/mol. The molecule has 388 valence electrons. The summed E-state index contributed by atoms with van der Waals surface area (Å²) in [7, 11) is 5.88. The summed E-state index contributed by atoms with van der Waals surface area (Å²) in [6.07, 6.45) is -3.20. The fourth-order valence-electron chi connectivity index (χ4n) is 9.12. The number of nitrogens with one attached hydrogen (secondary N) is 8. The summed E-state index contributed by atoms with van der Waals surface area (Å²) < 4.78 is 21.8. The van der Waals surface area contributed by atoms with Gasteiger partial charge in [-0.15, -0.1) is 0 Å². The molecule has 0 saturated carbocycles. The molecule has 4 aromatic heterocycles. The highest BCUT2D eigenvalue weighted by Gasteiger charge is 2.27. The minimum atomic E-state index is -0.799. The van der Waals surface area contributed by atoms with Crippen LogP contribution in [0.3, 0.4) is 0 Å². The third kappa shape index (κ3) is 10.6. The van der Waals surface area contributed by atoms with Crippen molar-refractivity contribution >= 4 is 68.7 Å². The Morgan fingerprint density at radius 2 is 0.592 bits per heavy atom. The van der Waals surface area contributed by atoms with Crippen molar-refractivity contribution < 1.29 is 38.1 Å². The number of benzene rings is 4. The van der Waals surface area contributed by atoms with E-state index in [-0.39, 0.29) is 23.6 Å². The number of hydrogen-bond acceptors (Lipinski definition) is 8. The van der Waals surface area contributed by atoms with Crippen LogP contribution in [0.1, 0.15) is 72.7 Å². The van der Waals surface area contributed by atoms with Crippen molar-refractivity contribution in [3.8, 4) is 0 Å². The molecule has 8 bridgehead atoms. The molecule has 0 aliphatic carbocycles. The lowest BCUT2D eigenvalue weighted by atomic mass is 9.97.